The normalized spacial score (nSPS) is 10.8. The van der Waals surface area contributed by atoms with Crippen molar-refractivity contribution >= 4 is 23.8 Å². The van der Waals surface area contributed by atoms with Crippen molar-refractivity contribution in [3.05, 3.63) is 101 Å². The Balaban J connectivity index is 0.00000127. The molecule has 0 aliphatic carbocycles. The van der Waals surface area contributed by atoms with Crippen molar-refractivity contribution in [2.45, 2.75) is 41.5 Å². The zero-order valence-electron chi connectivity index (χ0n) is 21.2. The van der Waals surface area contributed by atoms with Gasteiger partial charge in [0.05, 0.1) is 35.2 Å². The Morgan fingerprint density at radius 3 is 1.14 bits per heavy atom. The molecule has 0 bridgehead atoms. The van der Waals surface area contributed by atoms with Gasteiger partial charge in [0.1, 0.15) is 0 Å². The number of aromatic nitrogens is 1. The molecule has 37 heavy (non-hydrogen) atoms. The van der Waals surface area contributed by atoms with E-state index in [0.717, 1.165) is 22.8 Å². The van der Waals surface area contributed by atoms with Crippen LogP contribution in [0.2, 0.25) is 0 Å². The van der Waals surface area contributed by atoms with E-state index >= 15 is 0 Å². The molecule has 2 aromatic carbocycles. The summed E-state index contributed by atoms with van der Waals surface area (Å²) in [5.41, 5.74) is 10.9. The number of aryl methyl sites for hydroxylation is 6. The van der Waals surface area contributed by atoms with Gasteiger partial charge < -0.3 is 26.3 Å². The minimum Gasteiger partial charge on any atom is -0.385 e. The topological polar surface area (TPSA) is 37.6 Å². The molecule has 0 atom stereocenters. The number of benzene rings is 2. The van der Waals surface area contributed by atoms with E-state index in [9.17, 15) is 26.3 Å². The molecule has 3 rings (SSSR count). The average molecular weight is 563 g/mol. The largest absolute Gasteiger partial charge is 2.00 e. The van der Waals surface area contributed by atoms with E-state index in [1.54, 1.807) is 0 Å². The molecule has 0 aliphatic heterocycles. The second-order valence-electron chi connectivity index (χ2n) is 7.93. The summed E-state index contributed by atoms with van der Waals surface area (Å²) in [5.74, 6) is 0. The number of hydrogen-bond acceptors (Lipinski definition) is 3. The van der Waals surface area contributed by atoms with Gasteiger partial charge in [-0.25, -0.2) is 4.98 Å². The third kappa shape index (κ3) is 13.2. The smallest absolute Gasteiger partial charge is 0.385 e. The van der Waals surface area contributed by atoms with E-state index in [-0.39, 0.29) is 17.1 Å². The van der Waals surface area contributed by atoms with E-state index in [2.05, 4.69) is 80.8 Å². The first-order valence-electron chi connectivity index (χ1n) is 10.7. The van der Waals surface area contributed by atoms with Crippen LogP contribution in [0.3, 0.4) is 0 Å². The first-order valence-corrected chi connectivity index (χ1v) is 10.7. The third-order valence-electron chi connectivity index (χ3n) is 4.71. The van der Waals surface area contributed by atoms with Crippen LogP contribution in [0, 0.1) is 54.9 Å². The SMILES string of the molecule is Cc1cc(C)c(N=Cc2cccc(C=Nc3c(C)cc(C)cc3C)n2)c(C)c1.F[C-](F)F.F[C-](F)F.[Fe+2]. The van der Waals surface area contributed by atoms with E-state index in [1.807, 2.05) is 30.6 Å². The zero-order chi connectivity index (χ0) is 27.4. The summed E-state index contributed by atoms with van der Waals surface area (Å²) in [6, 6.07) is 14.5. The molecule has 1 heterocycles. The van der Waals surface area contributed by atoms with Crippen LogP contribution < -0.4 is 0 Å². The molecule has 200 valence electrons. The maximum atomic E-state index is 9.58. The summed E-state index contributed by atoms with van der Waals surface area (Å²) in [7, 11) is 0. The van der Waals surface area contributed by atoms with Gasteiger partial charge in [0, 0.05) is 0 Å². The fourth-order valence-electron chi connectivity index (χ4n) is 3.63. The van der Waals surface area contributed by atoms with Gasteiger partial charge in [0.25, 0.3) is 0 Å². The van der Waals surface area contributed by atoms with Crippen LogP contribution in [0.4, 0.5) is 37.7 Å². The molecule has 0 aliphatic rings. The van der Waals surface area contributed by atoms with Crippen LogP contribution in [-0.2, 0) is 17.1 Å². The molecule has 0 N–H and O–H groups in total. The molecule has 1 aromatic heterocycles. The quantitative estimate of drug-likeness (QED) is 0.135. The Kier molecular flexibility index (Phi) is 15.4. The molecule has 0 spiro atoms. The fraction of sp³-hybridized carbons (Fsp3) is 0.222. The zero-order valence-corrected chi connectivity index (χ0v) is 22.3. The van der Waals surface area contributed by atoms with Crippen LogP contribution in [0.15, 0.2) is 52.4 Å². The molecule has 0 radical (unpaired) electrons. The number of rotatable bonds is 4. The van der Waals surface area contributed by atoms with Crippen molar-refractivity contribution in [2.24, 2.45) is 9.98 Å². The third-order valence-corrected chi connectivity index (χ3v) is 4.71. The van der Waals surface area contributed by atoms with E-state index in [4.69, 9.17) is 0 Å². The van der Waals surface area contributed by atoms with Crippen LogP contribution >= 0.6 is 0 Å². The minimum absolute atomic E-state index is 0. The summed E-state index contributed by atoms with van der Waals surface area (Å²) in [6.45, 7) is 6.42. The van der Waals surface area contributed by atoms with Gasteiger partial charge in [0.15, 0.2) is 13.4 Å². The van der Waals surface area contributed by atoms with Crippen LogP contribution in [0.5, 0.6) is 0 Å². The van der Waals surface area contributed by atoms with Crippen molar-refractivity contribution < 1.29 is 43.4 Å². The number of nitrogens with zero attached hydrogens (tertiary/aromatic N) is 3. The van der Waals surface area contributed by atoms with Gasteiger partial charge in [-0.15, -0.1) is 0 Å². The molecule has 0 unspecified atom stereocenters. The molecule has 0 saturated carbocycles. The molecule has 3 nitrogen and oxygen atoms in total. The molecule has 0 fully saturated rings. The number of halogens is 6. The monoisotopic (exact) mass is 563 g/mol. The van der Waals surface area contributed by atoms with Crippen molar-refractivity contribution in [1.29, 1.82) is 0 Å². The minimum atomic E-state index is -3.08. The van der Waals surface area contributed by atoms with Crippen LogP contribution in [-0.4, -0.2) is 17.4 Å². The summed E-state index contributed by atoms with van der Waals surface area (Å²) in [5, 5.41) is 0. The molecule has 3 aromatic rings. The average Bonchev–Trinajstić information content (AvgIpc) is 2.71. The second-order valence-corrected chi connectivity index (χ2v) is 7.93. The molecule has 0 saturated heterocycles. The van der Waals surface area contributed by atoms with Gasteiger partial charge in [-0.1, -0.05) is 41.5 Å². The Hall–Kier alpha value is -2.97. The van der Waals surface area contributed by atoms with Crippen LogP contribution in [0.1, 0.15) is 44.8 Å². The Bertz CT molecular complexity index is 1060. The van der Waals surface area contributed by atoms with Crippen molar-refractivity contribution in [2.75, 3.05) is 0 Å². The van der Waals surface area contributed by atoms with Crippen molar-refractivity contribution in [3.63, 3.8) is 0 Å². The van der Waals surface area contributed by atoms with Crippen molar-refractivity contribution in [1.82, 2.24) is 4.98 Å². The fourth-order valence-corrected chi connectivity index (χ4v) is 3.63. The van der Waals surface area contributed by atoms with Gasteiger partial charge in [-0.3, -0.25) is 9.98 Å². The standard InChI is InChI=1S/C25H27N3.2CF3.Fe/c1-16-10-18(3)24(19(4)11-16)26-14-22-8-7-9-23(28-22)15-27-25-20(5)12-17(2)13-21(25)6;2*2-1(3)4;/h7-15H,1-6H3;;;/q;2*-1;+2. The predicted octanol–water partition coefficient (Wildman–Crippen LogP) is 9.11. The van der Waals surface area contributed by atoms with E-state index in [0.29, 0.717) is 0 Å². The van der Waals surface area contributed by atoms with E-state index < -0.39 is 13.4 Å². The molecular weight excluding hydrogens is 536 g/mol. The molecule has 10 heteroatoms. The first kappa shape index (κ1) is 34.0. The van der Waals surface area contributed by atoms with Gasteiger partial charge in [-0.05, 0) is 75.9 Å². The Morgan fingerprint density at radius 1 is 0.595 bits per heavy atom. The Labute approximate surface area is 224 Å². The molecular formula is C27H27F6FeN3. The maximum absolute atomic E-state index is 9.58. The van der Waals surface area contributed by atoms with Gasteiger partial charge in [0.2, 0.25) is 0 Å². The first-order chi connectivity index (χ1) is 16.8. The van der Waals surface area contributed by atoms with E-state index in [1.165, 1.54) is 33.4 Å². The van der Waals surface area contributed by atoms with Crippen LogP contribution in [0.25, 0.3) is 0 Å². The second kappa shape index (κ2) is 16.7. The number of pyridine rings is 1. The summed E-state index contributed by atoms with van der Waals surface area (Å²) < 4.78 is 57.5. The summed E-state index contributed by atoms with van der Waals surface area (Å²) in [6.07, 6.45) is 3.65. The number of aliphatic imine (C=N–C) groups is 2. The predicted molar refractivity (Wildman–Crippen MR) is 133 cm³/mol. The van der Waals surface area contributed by atoms with Crippen molar-refractivity contribution in [3.8, 4) is 0 Å². The maximum Gasteiger partial charge on any atom is 2.00 e. The van der Waals surface area contributed by atoms with Gasteiger partial charge in [-0.2, -0.15) is 0 Å². The number of hydrogen-bond donors (Lipinski definition) is 0. The summed E-state index contributed by atoms with van der Waals surface area (Å²) >= 11 is 0. The summed E-state index contributed by atoms with van der Waals surface area (Å²) in [4.78, 5) is 14.0. The van der Waals surface area contributed by atoms with Gasteiger partial charge >= 0.3 is 17.1 Å². The molecule has 0 amide bonds. The Morgan fingerprint density at radius 2 is 0.865 bits per heavy atom.